The van der Waals surface area contributed by atoms with E-state index in [0.717, 1.165) is 45.9 Å². The Labute approximate surface area is 160 Å². The third kappa shape index (κ3) is 3.41. The van der Waals surface area contributed by atoms with Crippen LogP contribution in [0.25, 0.3) is 10.9 Å². The van der Waals surface area contributed by atoms with E-state index in [4.69, 9.17) is 4.74 Å². The number of aromatic amines is 1. The van der Waals surface area contributed by atoms with Crippen molar-refractivity contribution < 1.29 is 4.74 Å². The van der Waals surface area contributed by atoms with Crippen LogP contribution < -0.4 is 0 Å². The fourth-order valence-electron chi connectivity index (χ4n) is 4.58. The quantitative estimate of drug-likeness (QED) is 0.774. The number of hydrogen-bond donors (Lipinski definition) is 1. The first-order valence-corrected chi connectivity index (χ1v) is 9.94. The molecule has 0 radical (unpaired) electrons. The van der Waals surface area contributed by atoms with E-state index in [2.05, 4.69) is 64.3 Å². The average Bonchev–Trinajstić information content (AvgIpc) is 3.15. The van der Waals surface area contributed by atoms with Crippen LogP contribution in [0.3, 0.4) is 0 Å². The number of morpholine rings is 1. The van der Waals surface area contributed by atoms with Crippen molar-refractivity contribution in [1.82, 2.24) is 14.8 Å². The minimum atomic E-state index is 0.434. The summed E-state index contributed by atoms with van der Waals surface area (Å²) >= 11 is 0. The normalized spacial score (nSPS) is 21.4. The van der Waals surface area contributed by atoms with Crippen LogP contribution in [0.15, 0.2) is 48.7 Å². The summed E-state index contributed by atoms with van der Waals surface area (Å²) in [4.78, 5) is 8.30. The second-order valence-electron chi connectivity index (χ2n) is 8.00. The minimum absolute atomic E-state index is 0.434. The largest absolute Gasteiger partial charge is 0.379 e. The van der Waals surface area contributed by atoms with Gasteiger partial charge in [0.25, 0.3) is 0 Å². The highest BCUT2D eigenvalue weighted by atomic mass is 16.5. The Balaban J connectivity index is 1.45. The van der Waals surface area contributed by atoms with E-state index in [1.165, 1.54) is 33.2 Å². The van der Waals surface area contributed by atoms with Gasteiger partial charge >= 0.3 is 0 Å². The lowest BCUT2D eigenvalue weighted by molar-refractivity contribution is 0.0341. The van der Waals surface area contributed by atoms with Crippen molar-refractivity contribution in [2.45, 2.75) is 19.0 Å². The van der Waals surface area contributed by atoms with E-state index < -0.39 is 0 Å². The van der Waals surface area contributed by atoms with Gasteiger partial charge in [0.15, 0.2) is 0 Å². The molecule has 1 saturated heterocycles. The second kappa shape index (κ2) is 7.12. The molecule has 3 heterocycles. The van der Waals surface area contributed by atoms with Crippen molar-refractivity contribution in [2.24, 2.45) is 0 Å². The fourth-order valence-corrected chi connectivity index (χ4v) is 4.58. The maximum atomic E-state index is 5.48. The molecule has 4 nitrogen and oxygen atoms in total. The molecule has 1 unspecified atom stereocenters. The molecule has 0 bridgehead atoms. The number of aromatic nitrogens is 1. The zero-order valence-electron chi connectivity index (χ0n) is 15.9. The summed E-state index contributed by atoms with van der Waals surface area (Å²) in [5, 5.41) is 1.28. The number of H-pyrrole nitrogens is 1. The summed E-state index contributed by atoms with van der Waals surface area (Å²) in [6, 6.07) is 16.1. The van der Waals surface area contributed by atoms with E-state index in [9.17, 15) is 0 Å². The first-order chi connectivity index (χ1) is 13.3. The van der Waals surface area contributed by atoms with Gasteiger partial charge in [-0.3, -0.25) is 4.90 Å². The van der Waals surface area contributed by atoms with Crippen LogP contribution in [0.4, 0.5) is 0 Å². The summed E-state index contributed by atoms with van der Waals surface area (Å²) < 4.78 is 5.48. The SMILES string of the molecule is CN1Cc2cc(CN3CCOCC3)ccc2C(c2ccc3cc[nH]c3c2)C1. The van der Waals surface area contributed by atoms with Crippen molar-refractivity contribution in [2.75, 3.05) is 39.9 Å². The highest BCUT2D eigenvalue weighted by Crippen LogP contribution is 2.34. The lowest BCUT2D eigenvalue weighted by Gasteiger charge is -2.33. The molecule has 5 rings (SSSR count). The van der Waals surface area contributed by atoms with Crippen LogP contribution in [-0.4, -0.2) is 54.7 Å². The Morgan fingerprint density at radius 2 is 1.96 bits per heavy atom. The van der Waals surface area contributed by atoms with Crippen LogP contribution in [0, 0.1) is 0 Å². The number of ether oxygens (including phenoxy) is 1. The number of hydrogen-bond acceptors (Lipinski definition) is 3. The summed E-state index contributed by atoms with van der Waals surface area (Å²) in [6.07, 6.45) is 2.02. The van der Waals surface area contributed by atoms with E-state index in [0.29, 0.717) is 5.92 Å². The molecule has 2 aromatic carbocycles. The van der Waals surface area contributed by atoms with E-state index in [1.54, 1.807) is 0 Å². The third-order valence-electron chi connectivity index (χ3n) is 6.01. The van der Waals surface area contributed by atoms with Crippen molar-refractivity contribution in [3.63, 3.8) is 0 Å². The number of nitrogens with one attached hydrogen (secondary N) is 1. The number of nitrogens with zero attached hydrogens (tertiary/aromatic N) is 2. The highest BCUT2D eigenvalue weighted by molar-refractivity contribution is 5.80. The first kappa shape index (κ1) is 17.0. The van der Waals surface area contributed by atoms with Crippen molar-refractivity contribution >= 4 is 10.9 Å². The van der Waals surface area contributed by atoms with Gasteiger partial charge in [0, 0.05) is 50.4 Å². The Bertz CT molecular complexity index is 942. The number of fused-ring (bicyclic) bond motifs is 2. The third-order valence-corrected chi connectivity index (χ3v) is 6.01. The zero-order chi connectivity index (χ0) is 18.2. The molecule has 2 aliphatic heterocycles. The number of likely N-dealkylation sites (N-methyl/N-ethyl adjacent to an activating group) is 1. The summed E-state index contributed by atoms with van der Waals surface area (Å²) in [6.45, 7) is 6.93. The fraction of sp³-hybridized carbons (Fsp3) is 0.391. The predicted molar refractivity (Wildman–Crippen MR) is 109 cm³/mol. The molecule has 140 valence electrons. The van der Waals surface area contributed by atoms with Crippen molar-refractivity contribution in [1.29, 1.82) is 0 Å². The van der Waals surface area contributed by atoms with Gasteiger partial charge in [-0.25, -0.2) is 0 Å². The Hall–Kier alpha value is -2.14. The van der Waals surface area contributed by atoms with Crippen LogP contribution in [-0.2, 0) is 17.8 Å². The van der Waals surface area contributed by atoms with Gasteiger partial charge in [-0.1, -0.05) is 30.3 Å². The molecule has 4 heteroatoms. The van der Waals surface area contributed by atoms with E-state index in [1.807, 2.05) is 6.20 Å². The molecular formula is C23H27N3O. The van der Waals surface area contributed by atoms with Crippen molar-refractivity contribution in [3.05, 3.63) is 70.9 Å². The first-order valence-electron chi connectivity index (χ1n) is 9.94. The van der Waals surface area contributed by atoms with Crippen LogP contribution in [0.1, 0.15) is 28.2 Å². The Kier molecular flexibility index (Phi) is 4.48. The Morgan fingerprint density at radius 3 is 2.85 bits per heavy atom. The van der Waals surface area contributed by atoms with Crippen LogP contribution in [0.5, 0.6) is 0 Å². The lowest BCUT2D eigenvalue weighted by Crippen LogP contribution is -2.36. The number of benzene rings is 2. The molecule has 0 spiro atoms. The minimum Gasteiger partial charge on any atom is -0.379 e. The molecule has 1 N–H and O–H groups in total. The van der Waals surface area contributed by atoms with Gasteiger partial charge in [0.1, 0.15) is 0 Å². The maximum absolute atomic E-state index is 5.48. The van der Waals surface area contributed by atoms with Gasteiger partial charge in [-0.2, -0.15) is 0 Å². The molecule has 3 aromatic rings. The number of rotatable bonds is 3. The molecule has 0 amide bonds. The van der Waals surface area contributed by atoms with E-state index >= 15 is 0 Å². The lowest BCUT2D eigenvalue weighted by atomic mass is 9.84. The molecule has 1 atom stereocenters. The smallest absolute Gasteiger partial charge is 0.0594 e. The topological polar surface area (TPSA) is 31.5 Å². The molecule has 0 saturated carbocycles. The highest BCUT2D eigenvalue weighted by Gasteiger charge is 2.25. The van der Waals surface area contributed by atoms with Crippen LogP contribution >= 0.6 is 0 Å². The molecule has 0 aliphatic carbocycles. The van der Waals surface area contributed by atoms with E-state index in [-0.39, 0.29) is 0 Å². The van der Waals surface area contributed by atoms with Gasteiger partial charge in [-0.05, 0) is 46.8 Å². The second-order valence-corrected chi connectivity index (χ2v) is 8.00. The monoisotopic (exact) mass is 361 g/mol. The summed E-state index contributed by atoms with van der Waals surface area (Å²) in [5.74, 6) is 0.434. The van der Waals surface area contributed by atoms with Gasteiger partial charge in [0.05, 0.1) is 13.2 Å². The molecule has 1 fully saturated rings. The Morgan fingerprint density at radius 1 is 1.07 bits per heavy atom. The van der Waals surface area contributed by atoms with Crippen LogP contribution in [0.2, 0.25) is 0 Å². The van der Waals surface area contributed by atoms with Crippen molar-refractivity contribution in [3.8, 4) is 0 Å². The predicted octanol–water partition coefficient (Wildman–Crippen LogP) is 3.58. The summed E-state index contributed by atoms with van der Waals surface area (Å²) in [5.41, 5.74) is 7.02. The molecule has 2 aliphatic rings. The van der Waals surface area contributed by atoms with Gasteiger partial charge in [0.2, 0.25) is 0 Å². The molecule has 27 heavy (non-hydrogen) atoms. The van der Waals surface area contributed by atoms with Gasteiger partial charge in [-0.15, -0.1) is 0 Å². The zero-order valence-corrected chi connectivity index (χ0v) is 15.9. The molecule has 1 aromatic heterocycles. The summed E-state index contributed by atoms with van der Waals surface area (Å²) in [7, 11) is 2.23. The average molecular weight is 361 g/mol. The van der Waals surface area contributed by atoms with Gasteiger partial charge < -0.3 is 14.6 Å². The maximum Gasteiger partial charge on any atom is 0.0594 e. The molecular weight excluding hydrogens is 334 g/mol. The standard InChI is InChI=1S/C23H27N3O/c1-25-15-20-12-17(14-26-8-10-27-11-9-26)2-5-21(20)22(16-25)19-4-3-18-6-7-24-23(18)13-19/h2-7,12-13,22,24H,8-11,14-16H2,1H3.